The Morgan fingerprint density at radius 1 is 1.18 bits per heavy atom. The fourth-order valence-electron chi connectivity index (χ4n) is 1.99. The second-order valence-corrected chi connectivity index (χ2v) is 5.68. The maximum absolute atomic E-state index is 11.9. The Morgan fingerprint density at radius 2 is 1.82 bits per heavy atom. The van der Waals surface area contributed by atoms with Crippen LogP contribution >= 0.6 is 0 Å². The summed E-state index contributed by atoms with van der Waals surface area (Å²) in [6.07, 6.45) is 0.747. The molecule has 0 radical (unpaired) electrons. The van der Waals surface area contributed by atoms with E-state index in [2.05, 4.69) is 5.32 Å². The first kappa shape index (κ1) is 18.0. The van der Waals surface area contributed by atoms with Gasteiger partial charge in [-0.15, -0.1) is 0 Å². The molecule has 5 nitrogen and oxygen atoms in total. The van der Waals surface area contributed by atoms with E-state index >= 15 is 0 Å². The van der Waals surface area contributed by atoms with E-state index in [0.717, 1.165) is 11.3 Å². The zero-order valence-electron chi connectivity index (χ0n) is 13.7. The molecule has 1 atom stereocenters. The molecule has 1 unspecified atom stereocenters. The van der Waals surface area contributed by atoms with Gasteiger partial charge in [-0.1, -0.05) is 31.5 Å². The molecule has 1 aromatic carbocycles. The molecule has 0 fully saturated rings. The van der Waals surface area contributed by atoms with Gasteiger partial charge < -0.3 is 14.8 Å². The number of ether oxygens (including phenoxy) is 2. The van der Waals surface area contributed by atoms with Crippen LogP contribution in [-0.4, -0.2) is 31.6 Å². The molecular weight excluding hydrogens is 282 g/mol. The van der Waals surface area contributed by atoms with Crippen molar-refractivity contribution in [3.63, 3.8) is 0 Å². The normalized spacial score (nSPS) is 11.9. The lowest BCUT2D eigenvalue weighted by molar-refractivity contribution is -0.145. The maximum Gasteiger partial charge on any atom is 0.328 e. The van der Waals surface area contributed by atoms with Crippen LogP contribution in [0.4, 0.5) is 0 Å². The molecule has 0 saturated carbocycles. The number of rotatable bonds is 8. The summed E-state index contributed by atoms with van der Waals surface area (Å²) in [5.74, 6) is 0.378. The van der Waals surface area contributed by atoms with Crippen molar-refractivity contribution < 1.29 is 19.1 Å². The number of carbonyl (C=O) groups excluding carboxylic acids is 2. The van der Waals surface area contributed by atoms with Gasteiger partial charge in [0.2, 0.25) is 5.91 Å². The average Bonchev–Trinajstić information content (AvgIpc) is 2.47. The fourth-order valence-corrected chi connectivity index (χ4v) is 1.99. The molecule has 5 heteroatoms. The number of hydrogen-bond donors (Lipinski definition) is 1. The molecule has 1 N–H and O–H groups in total. The van der Waals surface area contributed by atoms with Crippen molar-refractivity contribution in [3.8, 4) is 5.75 Å². The summed E-state index contributed by atoms with van der Waals surface area (Å²) in [4.78, 5) is 23.5. The van der Waals surface area contributed by atoms with Crippen LogP contribution < -0.4 is 10.1 Å². The van der Waals surface area contributed by atoms with Crippen molar-refractivity contribution in [1.29, 1.82) is 0 Å². The first-order valence-electron chi connectivity index (χ1n) is 7.49. The summed E-state index contributed by atoms with van der Waals surface area (Å²) in [6, 6.07) is 7.03. The quantitative estimate of drug-likeness (QED) is 0.749. The molecule has 0 heterocycles. The Morgan fingerprint density at radius 3 is 2.36 bits per heavy atom. The Bertz CT molecular complexity index is 482. The third-order valence-corrected chi connectivity index (χ3v) is 3.15. The van der Waals surface area contributed by atoms with E-state index in [-0.39, 0.29) is 24.9 Å². The van der Waals surface area contributed by atoms with Crippen molar-refractivity contribution >= 4 is 11.9 Å². The van der Waals surface area contributed by atoms with Crippen LogP contribution in [0, 0.1) is 12.8 Å². The minimum atomic E-state index is -0.600. The van der Waals surface area contributed by atoms with Crippen LogP contribution in [-0.2, 0) is 14.3 Å². The summed E-state index contributed by atoms with van der Waals surface area (Å²) in [5, 5.41) is 2.70. The van der Waals surface area contributed by atoms with Gasteiger partial charge in [-0.25, -0.2) is 4.79 Å². The molecule has 0 aliphatic carbocycles. The van der Waals surface area contributed by atoms with E-state index in [1.54, 1.807) is 0 Å². The second kappa shape index (κ2) is 9.07. The second-order valence-electron chi connectivity index (χ2n) is 5.68. The van der Waals surface area contributed by atoms with Gasteiger partial charge in [0.25, 0.3) is 0 Å². The van der Waals surface area contributed by atoms with E-state index in [1.165, 1.54) is 7.11 Å². The van der Waals surface area contributed by atoms with Gasteiger partial charge in [-0.05, 0) is 31.4 Å². The number of esters is 1. The Hall–Kier alpha value is -2.04. The largest absolute Gasteiger partial charge is 0.493 e. The summed E-state index contributed by atoms with van der Waals surface area (Å²) >= 11 is 0. The Labute approximate surface area is 132 Å². The lowest BCUT2D eigenvalue weighted by atomic mass is 10.0. The molecule has 0 aliphatic rings. The lowest BCUT2D eigenvalue weighted by Crippen LogP contribution is -2.42. The van der Waals surface area contributed by atoms with Crippen LogP contribution in [0.1, 0.15) is 32.3 Å². The van der Waals surface area contributed by atoms with Gasteiger partial charge in [-0.3, -0.25) is 4.79 Å². The van der Waals surface area contributed by atoms with Gasteiger partial charge in [0.15, 0.2) is 0 Å². The third-order valence-electron chi connectivity index (χ3n) is 3.15. The minimum Gasteiger partial charge on any atom is -0.493 e. The first-order valence-corrected chi connectivity index (χ1v) is 7.49. The van der Waals surface area contributed by atoms with E-state index in [4.69, 9.17) is 9.47 Å². The van der Waals surface area contributed by atoms with Crippen molar-refractivity contribution in [2.24, 2.45) is 5.92 Å². The molecule has 0 aromatic heterocycles. The van der Waals surface area contributed by atoms with Crippen LogP contribution in [0.3, 0.4) is 0 Å². The van der Waals surface area contributed by atoms with Crippen molar-refractivity contribution in [2.75, 3.05) is 13.7 Å². The van der Waals surface area contributed by atoms with E-state index in [9.17, 15) is 9.59 Å². The first-order chi connectivity index (χ1) is 10.4. The SMILES string of the molecule is COC(=O)C(CC(C)C)NC(=O)CCOc1ccc(C)cc1. The van der Waals surface area contributed by atoms with Gasteiger partial charge in [0.1, 0.15) is 11.8 Å². The number of benzene rings is 1. The Balaban J connectivity index is 2.39. The molecule has 122 valence electrons. The van der Waals surface area contributed by atoms with Crippen LogP contribution in [0.25, 0.3) is 0 Å². The van der Waals surface area contributed by atoms with Crippen molar-refractivity contribution in [1.82, 2.24) is 5.32 Å². The molecule has 0 bridgehead atoms. The highest BCUT2D eigenvalue weighted by Crippen LogP contribution is 2.11. The van der Waals surface area contributed by atoms with Crippen molar-refractivity contribution in [3.05, 3.63) is 29.8 Å². The fraction of sp³-hybridized carbons (Fsp3) is 0.529. The Kier molecular flexibility index (Phi) is 7.43. The zero-order chi connectivity index (χ0) is 16.5. The number of amides is 1. The highest BCUT2D eigenvalue weighted by molar-refractivity contribution is 5.84. The highest BCUT2D eigenvalue weighted by Gasteiger charge is 2.22. The monoisotopic (exact) mass is 307 g/mol. The molecule has 0 aliphatic heterocycles. The van der Waals surface area contributed by atoms with Crippen LogP contribution in [0.5, 0.6) is 5.75 Å². The predicted molar refractivity (Wildman–Crippen MR) is 84.7 cm³/mol. The number of nitrogens with one attached hydrogen (secondary N) is 1. The van der Waals surface area contributed by atoms with Gasteiger partial charge in [0.05, 0.1) is 20.1 Å². The molecule has 0 spiro atoms. The molecule has 1 aromatic rings. The maximum atomic E-state index is 11.9. The standard InChI is InChI=1S/C17H25NO4/c1-12(2)11-15(17(20)21-4)18-16(19)9-10-22-14-7-5-13(3)6-8-14/h5-8,12,15H,9-11H2,1-4H3,(H,18,19). The third kappa shape index (κ3) is 6.61. The number of methoxy groups -OCH3 is 1. The van der Waals surface area contributed by atoms with Gasteiger partial charge in [0, 0.05) is 0 Å². The van der Waals surface area contributed by atoms with E-state index < -0.39 is 12.0 Å². The number of aryl methyl sites for hydroxylation is 1. The average molecular weight is 307 g/mol. The summed E-state index contributed by atoms with van der Waals surface area (Å²) in [7, 11) is 1.32. The van der Waals surface area contributed by atoms with E-state index in [0.29, 0.717) is 6.42 Å². The van der Waals surface area contributed by atoms with E-state index in [1.807, 2.05) is 45.0 Å². The smallest absolute Gasteiger partial charge is 0.328 e. The van der Waals surface area contributed by atoms with Crippen LogP contribution in [0.15, 0.2) is 24.3 Å². The van der Waals surface area contributed by atoms with Crippen molar-refractivity contribution in [2.45, 2.75) is 39.7 Å². The molecule has 1 amide bonds. The molecule has 0 saturated heterocycles. The topological polar surface area (TPSA) is 64.6 Å². The summed E-state index contributed by atoms with van der Waals surface area (Å²) in [6.45, 7) is 6.24. The highest BCUT2D eigenvalue weighted by atomic mass is 16.5. The summed E-state index contributed by atoms with van der Waals surface area (Å²) < 4.78 is 10.2. The number of carbonyl (C=O) groups is 2. The molecule has 1 rings (SSSR count). The molecular formula is C17H25NO4. The minimum absolute atomic E-state index is 0.194. The van der Waals surface area contributed by atoms with Gasteiger partial charge in [-0.2, -0.15) is 0 Å². The predicted octanol–water partition coefficient (Wildman–Crippen LogP) is 2.47. The van der Waals surface area contributed by atoms with Crippen LogP contribution in [0.2, 0.25) is 0 Å². The lowest BCUT2D eigenvalue weighted by Gasteiger charge is -2.18. The molecule has 22 heavy (non-hydrogen) atoms. The zero-order valence-corrected chi connectivity index (χ0v) is 13.7. The summed E-state index contributed by atoms with van der Waals surface area (Å²) in [5.41, 5.74) is 1.15. The van der Waals surface area contributed by atoms with Gasteiger partial charge >= 0.3 is 5.97 Å². The number of hydrogen-bond acceptors (Lipinski definition) is 4.